The summed E-state index contributed by atoms with van der Waals surface area (Å²) in [7, 11) is 0. The molecule has 2 atom stereocenters. The number of carboxylic acid groups (broad SMARTS) is 2. The highest BCUT2D eigenvalue weighted by Gasteiger charge is 2.41. The maximum atomic E-state index is 10.6. The first-order valence-electron chi connectivity index (χ1n) is 10.6. The number of alkyl halides is 6. The van der Waals surface area contributed by atoms with E-state index in [-0.39, 0.29) is 6.10 Å². The van der Waals surface area contributed by atoms with Gasteiger partial charge in [-0.05, 0) is 31.2 Å². The number of hydrogen-bond donors (Lipinski definition) is 2. The first-order valence-corrected chi connectivity index (χ1v) is 10.6. The number of hydrogen-bond acceptors (Lipinski definition) is 8. The fourth-order valence-electron chi connectivity index (χ4n) is 3.44. The predicted octanol–water partition coefficient (Wildman–Crippen LogP) is 2.54. The van der Waals surface area contributed by atoms with Crippen molar-refractivity contribution in [2.75, 3.05) is 31.1 Å². The van der Waals surface area contributed by atoms with E-state index in [1.165, 1.54) is 0 Å². The van der Waals surface area contributed by atoms with Gasteiger partial charge in [0.25, 0.3) is 0 Å². The second-order valence-corrected chi connectivity index (χ2v) is 7.82. The van der Waals surface area contributed by atoms with E-state index in [4.69, 9.17) is 24.5 Å². The van der Waals surface area contributed by atoms with Gasteiger partial charge in [0.1, 0.15) is 0 Å². The maximum absolute atomic E-state index is 10.6. The van der Waals surface area contributed by atoms with E-state index in [9.17, 15) is 26.3 Å². The molecule has 16 heteroatoms. The van der Waals surface area contributed by atoms with Crippen molar-refractivity contribution in [2.24, 2.45) is 0 Å². The van der Waals surface area contributed by atoms with Crippen LogP contribution in [0.2, 0.25) is 0 Å². The molecule has 0 spiro atoms. The Morgan fingerprint density at radius 1 is 1.00 bits per heavy atom. The van der Waals surface area contributed by atoms with Gasteiger partial charge in [-0.3, -0.25) is 9.88 Å². The fourth-order valence-corrected chi connectivity index (χ4v) is 3.44. The Labute approximate surface area is 206 Å². The van der Waals surface area contributed by atoms with Crippen molar-refractivity contribution in [3.63, 3.8) is 0 Å². The van der Waals surface area contributed by atoms with Crippen LogP contribution in [0.15, 0.2) is 36.5 Å². The minimum Gasteiger partial charge on any atom is -0.475 e. The number of fused-ring (bicyclic) bond motifs is 1. The number of pyridine rings is 1. The van der Waals surface area contributed by atoms with Crippen LogP contribution >= 0.6 is 0 Å². The minimum absolute atomic E-state index is 0.232. The van der Waals surface area contributed by atoms with Crippen LogP contribution in [-0.2, 0) is 20.9 Å². The average molecular weight is 539 g/mol. The molecule has 0 radical (unpaired) electrons. The van der Waals surface area contributed by atoms with Crippen LogP contribution in [0.25, 0.3) is 0 Å². The molecule has 0 amide bonds. The van der Waals surface area contributed by atoms with E-state index >= 15 is 0 Å². The second kappa shape index (κ2) is 12.6. The highest BCUT2D eigenvalue weighted by Crippen LogP contribution is 2.27. The highest BCUT2D eigenvalue weighted by molar-refractivity contribution is 5.73. The number of nitrogens with zero attached hydrogens (tertiary/aromatic N) is 5. The number of aryl methyl sites for hydroxylation is 1. The zero-order chi connectivity index (χ0) is 27.8. The van der Waals surface area contributed by atoms with Gasteiger partial charge in [0, 0.05) is 32.4 Å². The number of rotatable bonds is 3. The smallest absolute Gasteiger partial charge is 0.475 e. The molecule has 0 saturated carbocycles. The van der Waals surface area contributed by atoms with E-state index in [1.54, 1.807) is 0 Å². The number of carbonyl (C=O) groups is 2. The molecule has 2 aliphatic heterocycles. The second-order valence-electron chi connectivity index (χ2n) is 7.82. The van der Waals surface area contributed by atoms with Gasteiger partial charge in [0.15, 0.2) is 5.82 Å². The molecule has 0 unspecified atom stereocenters. The quantitative estimate of drug-likeness (QED) is 0.562. The Morgan fingerprint density at radius 2 is 1.62 bits per heavy atom. The topological polar surface area (TPSA) is 129 Å². The van der Waals surface area contributed by atoms with Crippen LogP contribution in [0.5, 0.6) is 0 Å². The SMILES string of the molecule is Cc1ccc(N2CCO[C@H]3CN(Cc4ccccn4)C[C@H]32)nn1.O=C(O)C(F)(F)F.O=C(O)C(F)(F)F. The summed E-state index contributed by atoms with van der Waals surface area (Å²) in [6, 6.07) is 10.5. The van der Waals surface area contributed by atoms with E-state index in [1.807, 2.05) is 31.3 Å². The largest absolute Gasteiger partial charge is 0.490 e. The normalized spacial score (nSPS) is 19.6. The van der Waals surface area contributed by atoms with Crippen molar-refractivity contribution in [1.29, 1.82) is 0 Å². The lowest BCUT2D eigenvalue weighted by molar-refractivity contribution is -0.193. The van der Waals surface area contributed by atoms with Crippen molar-refractivity contribution in [3.8, 4) is 0 Å². The fraction of sp³-hybridized carbons (Fsp3) is 0.476. The molecule has 0 bridgehead atoms. The summed E-state index contributed by atoms with van der Waals surface area (Å²) < 4.78 is 69.5. The molecule has 2 aromatic rings. The molecule has 4 rings (SSSR count). The number of ether oxygens (including phenoxy) is 1. The van der Waals surface area contributed by atoms with Crippen LogP contribution in [0.1, 0.15) is 11.4 Å². The van der Waals surface area contributed by atoms with E-state index in [2.05, 4.69) is 37.1 Å². The minimum atomic E-state index is -5.08. The third-order valence-electron chi connectivity index (χ3n) is 5.05. The summed E-state index contributed by atoms with van der Waals surface area (Å²) in [6.07, 6.45) is -8.08. The molecule has 4 heterocycles. The molecule has 2 aromatic heterocycles. The van der Waals surface area contributed by atoms with Gasteiger partial charge in [-0.2, -0.15) is 31.4 Å². The predicted molar refractivity (Wildman–Crippen MR) is 115 cm³/mol. The molecule has 2 fully saturated rings. The number of aliphatic carboxylic acids is 2. The molecule has 2 saturated heterocycles. The summed E-state index contributed by atoms with van der Waals surface area (Å²) in [6.45, 7) is 6.35. The molecule has 0 aliphatic carbocycles. The van der Waals surface area contributed by atoms with Crippen molar-refractivity contribution >= 4 is 17.8 Å². The maximum Gasteiger partial charge on any atom is 0.490 e. The number of aromatic nitrogens is 3. The average Bonchev–Trinajstić information content (AvgIpc) is 3.22. The van der Waals surface area contributed by atoms with E-state index in [0.29, 0.717) is 6.04 Å². The molecule has 0 aromatic carbocycles. The van der Waals surface area contributed by atoms with Gasteiger partial charge in [-0.1, -0.05) is 6.07 Å². The Bertz CT molecular complexity index is 999. The third-order valence-corrected chi connectivity index (χ3v) is 5.05. The summed E-state index contributed by atoms with van der Waals surface area (Å²) >= 11 is 0. The molecule has 204 valence electrons. The van der Waals surface area contributed by atoms with Crippen LogP contribution in [0, 0.1) is 6.92 Å². The van der Waals surface area contributed by atoms with Crippen LogP contribution in [-0.4, -0.2) is 93.0 Å². The van der Waals surface area contributed by atoms with Gasteiger partial charge in [-0.15, -0.1) is 5.10 Å². The van der Waals surface area contributed by atoms with E-state index < -0.39 is 24.3 Å². The number of likely N-dealkylation sites (tertiary alicyclic amines) is 1. The number of halogens is 6. The van der Waals surface area contributed by atoms with Gasteiger partial charge in [0.2, 0.25) is 0 Å². The Hall–Kier alpha value is -3.53. The van der Waals surface area contributed by atoms with Gasteiger partial charge in [-0.25, -0.2) is 9.59 Å². The number of anilines is 1. The molecule has 2 N–H and O–H groups in total. The van der Waals surface area contributed by atoms with Crippen molar-refractivity contribution in [1.82, 2.24) is 20.1 Å². The van der Waals surface area contributed by atoms with Crippen molar-refractivity contribution in [3.05, 3.63) is 47.9 Å². The van der Waals surface area contributed by atoms with Gasteiger partial charge in [0.05, 0.1) is 30.1 Å². The summed E-state index contributed by atoms with van der Waals surface area (Å²) in [4.78, 5) is 27.0. The first-order chi connectivity index (χ1) is 17.2. The lowest BCUT2D eigenvalue weighted by Gasteiger charge is -2.37. The molecule has 10 nitrogen and oxygen atoms in total. The van der Waals surface area contributed by atoms with Crippen molar-refractivity contribution < 1.29 is 50.9 Å². The first kappa shape index (κ1) is 29.7. The summed E-state index contributed by atoms with van der Waals surface area (Å²) in [5.74, 6) is -4.56. The Kier molecular flexibility index (Phi) is 10.1. The van der Waals surface area contributed by atoms with E-state index in [0.717, 1.165) is 50.0 Å². The van der Waals surface area contributed by atoms with Crippen LogP contribution in [0.3, 0.4) is 0 Å². The molecule has 37 heavy (non-hydrogen) atoms. The van der Waals surface area contributed by atoms with Gasteiger partial charge >= 0.3 is 24.3 Å². The monoisotopic (exact) mass is 539 g/mol. The molecular weight excluding hydrogens is 516 g/mol. The third kappa shape index (κ3) is 9.45. The van der Waals surface area contributed by atoms with Crippen LogP contribution < -0.4 is 4.90 Å². The molecular formula is C21H23F6N5O5. The summed E-state index contributed by atoms with van der Waals surface area (Å²) in [5.41, 5.74) is 2.05. The van der Waals surface area contributed by atoms with Crippen LogP contribution in [0.4, 0.5) is 32.2 Å². The number of carboxylic acids is 2. The Balaban J connectivity index is 0.000000286. The van der Waals surface area contributed by atoms with Gasteiger partial charge < -0.3 is 19.8 Å². The number of morpholine rings is 1. The molecule has 2 aliphatic rings. The zero-order valence-electron chi connectivity index (χ0n) is 19.3. The lowest BCUT2D eigenvalue weighted by atomic mass is 10.1. The lowest BCUT2D eigenvalue weighted by Crippen LogP contribution is -2.51. The standard InChI is InChI=1S/C17H21N5O.2C2HF3O2/c1-13-5-6-17(20-19-13)22-8-9-23-16-12-21(11-15(16)22)10-14-4-2-3-7-18-14;2*3-2(4,5)1(6)7/h2-7,15-16H,8-12H2,1H3;2*(H,6,7)/t15-,16+;;/m1../s1. The highest BCUT2D eigenvalue weighted by atomic mass is 19.4. The Morgan fingerprint density at radius 3 is 2.11 bits per heavy atom. The zero-order valence-corrected chi connectivity index (χ0v) is 19.3. The summed E-state index contributed by atoms with van der Waals surface area (Å²) in [5, 5.41) is 22.8. The van der Waals surface area contributed by atoms with Crippen molar-refractivity contribution in [2.45, 2.75) is 38.0 Å².